The first kappa shape index (κ1) is 17.0. The molecule has 1 amide bonds. The second kappa shape index (κ2) is 7.46. The van der Waals surface area contributed by atoms with Gasteiger partial charge in [0.2, 0.25) is 0 Å². The highest BCUT2D eigenvalue weighted by Gasteiger charge is 2.11. The lowest BCUT2D eigenvalue weighted by atomic mass is 10.2. The monoisotopic (exact) mass is 364 g/mol. The van der Waals surface area contributed by atoms with Crippen molar-refractivity contribution in [2.24, 2.45) is 5.73 Å². The molecule has 0 bridgehead atoms. The normalized spacial score (nSPS) is 14.1. The van der Waals surface area contributed by atoms with Gasteiger partial charge < -0.3 is 20.7 Å². The molecule has 1 fully saturated rings. The molecule has 3 N–H and O–H groups in total. The molecule has 27 heavy (non-hydrogen) atoms. The summed E-state index contributed by atoms with van der Waals surface area (Å²) in [7, 11) is 0. The molecular formula is C19H20N6O2. The van der Waals surface area contributed by atoms with Crippen molar-refractivity contribution in [2.45, 2.75) is 0 Å². The van der Waals surface area contributed by atoms with Crippen LogP contribution >= 0.6 is 0 Å². The van der Waals surface area contributed by atoms with Crippen molar-refractivity contribution >= 4 is 23.1 Å². The van der Waals surface area contributed by atoms with E-state index in [2.05, 4.69) is 32.4 Å². The quantitative estimate of drug-likeness (QED) is 0.718. The van der Waals surface area contributed by atoms with Gasteiger partial charge in [-0.1, -0.05) is 0 Å². The summed E-state index contributed by atoms with van der Waals surface area (Å²) >= 11 is 0. The van der Waals surface area contributed by atoms with Gasteiger partial charge in [-0.25, -0.2) is 9.67 Å². The minimum absolute atomic E-state index is 0.361. The number of ether oxygens (including phenoxy) is 1. The maximum atomic E-state index is 11.2. The zero-order chi connectivity index (χ0) is 18.6. The fourth-order valence-electron chi connectivity index (χ4n) is 2.95. The molecule has 0 aliphatic carbocycles. The first-order valence-corrected chi connectivity index (χ1v) is 8.70. The van der Waals surface area contributed by atoms with Gasteiger partial charge >= 0.3 is 0 Å². The number of pyridine rings is 1. The summed E-state index contributed by atoms with van der Waals surface area (Å²) in [4.78, 5) is 17.9. The SMILES string of the molecule is NC(=O)c1cnn(-c2ccnc(Nc3ccc(N4CCOCC4)cc3)c2)c1. The molecule has 0 unspecified atom stereocenters. The lowest BCUT2D eigenvalue weighted by molar-refractivity contribution is 0.100. The number of primary amides is 1. The number of morpholine rings is 1. The number of amides is 1. The molecule has 0 saturated carbocycles. The number of carbonyl (C=O) groups excluding carboxylic acids is 1. The molecule has 0 spiro atoms. The minimum Gasteiger partial charge on any atom is -0.378 e. The molecule has 4 rings (SSSR count). The fourth-order valence-corrected chi connectivity index (χ4v) is 2.95. The standard InChI is InChI=1S/C19H20N6O2/c20-19(26)14-12-22-25(13-14)17-5-6-21-18(11-17)23-15-1-3-16(4-2-15)24-7-9-27-10-8-24/h1-6,11-13H,7-10H2,(H2,20,26)(H,21,23). The van der Waals surface area contributed by atoms with Gasteiger partial charge in [-0.15, -0.1) is 0 Å². The van der Waals surface area contributed by atoms with Gasteiger partial charge in [0.15, 0.2) is 0 Å². The molecule has 1 aromatic carbocycles. The molecule has 3 aromatic rings. The van der Waals surface area contributed by atoms with E-state index in [9.17, 15) is 4.79 Å². The third-order valence-corrected chi connectivity index (χ3v) is 4.39. The molecule has 8 nitrogen and oxygen atoms in total. The average molecular weight is 364 g/mol. The van der Waals surface area contributed by atoms with Crippen molar-refractivity contribution in [2.75, 3.05) is 36.5 Å². The van der Waals surface area contributed by atoms with Crippen molar-refractivity contribution < 1.29 is 9.53 Å². The summed E-state index contributed by atoms with van der Waals surface area (Å²) in [5.41, 5.74) is 8.54. The average Bonchev–Trinajstić information content (AvgIpc) is 3.20. The summed E-state index contributed by atoms with van der Waals surface area (Å²) in [5, 5.41) is 7.45. The van der Waals surface area contributed by atoms with Crippen LogP contribution in [0.2, 0.25) is 0 Å². The Kier molecular flexibility index (Phi) is 4.71. The Morgan fingerprint density at radius 3 is 2.59 bits per heavy atom. The molecular weight excluding hydrogens is 344 g/mol. The zero-order valence-corrected chi connectivity index (χ0v) is 14.7. The number of nitrogens with two attached hydrogens (primary N) is 1. The Balaban J connectivity index is 1.48. The van der Waals surface area contributed by atoms with E-state index in [0.717, 1.165) is 37.7 Å². The number of nitrogens with zero attached hydrogens (tertiary/aromatic N) is 4. The number of hydrogen-bond donors (Lipinski definition) is 2. The van der Waals surface area contributed by atoms with Crippen molar-refractivity contribution in [3.05, 3.63) is 60.6 Å². The van der Waals surface area contributed by atoms with E-state index in [1.165, 1.54) is 11.9 Å². The summed E-state index contributed by atoms with van der Waals surface area (Å²) in [6.45, 7) is 3.35. The maximum absolute atomic E-state index is 11.2. The minimum atomic E-state index is -0.506. The smallest absolute Gasteiger partial charge is 0.251 e. The number of benzene rings is 1. The molecule has 1 aliphatic heterocycles. The van der Waals surface area contributed by atoms with Crippen LogP contribution in [0.25, 0.3) is 5.69 Å². The van der Waals surface area contributed by atoms with Crippen LogP contribution in [0, 0.1) is 0 Å². The Morgan fingerprint density at radius 1 is 1.11 bits per heavy atom. The number of hydrogen-bond acceptors (Lipinski definition) is 6. The molecule has 3 heterocycles. The largest absolute Gasteiger partial charge is 0.378 e. The number of anilines is 3. The second-order valence-corrected chi connectivity index (χ2v) is 6.21. The summed E-state index contributed by atoms with van der Waals surface area (Å²) < 4.78 is 6.98. The first-order chi connectivity index (χ1) is 13.2. The van der Waals surface area contributed by atoms with Gasteiger partial charge in [-0.3, -0.25) is 4.79 Å². The van der Waals surface area contributed by atoms with E-state index in [4.69, 9.17) is 10.5 Å². The third-order valence-electron chi connectivity index (χ3n) is 4.39. The van der Waals surface area contributed by atoms with E-state index in [0.29, 0.717) is 11.4 Å². The number of nitrogens with one attached hydrogen (secondary N) is 1. The highest BCUT2D eigenvalue weighted by Crippen LogP contribution is 2.22. The van der Waals surface area contributed by atoms with Gasteiger partial charge in [0.05, 0.1) is 30.7 Å². The fraction of sp³-hybridized carbons (Fsp3) is 0.211. The molecule has 2 aromatic heterocycles. The Labute approximate surface area is 156 Å². The molecule has 1 aliphatic rings. The van der Waals surface area contributed by atoms with Crippen LogP contribution < -0.4 is 16.0 Å². The van der Waals surface area contributed by atoms with Crippen LogP contribution in [0.3, 0.4) is 0 Å². The molecule has 0 atom stereocenters. The van der Waals surface area contributed by atoms with Gasteiger partial charge in [0, 0.05) is 42.9 Å². The van der Waals surface area contributed by atoms with Crippen LogP contribution in [0.1, 0.15) is 10.4 Å². The highest BCUT2D eigenvalue weighted by molar-refractivity contribution is 5.92. The maximum Gasteiger partial charge on any atom is 0.251 e. The zero-order valence-electron chi connectivity index (χ0n) is 14.7. The Bertz CT molecular complexity index is 931. The van der Waals surface area contributed by atoms with Crippen molar-refractivity contribution in [3.8, 4) is 5.69 Å². The van der Waals surface area contributed by atoms with Gasteiger partial charge in [0.1, 0.15) is 5.82 Å². The highest BCUT2D eigenvalue weighted by atomic mass is 16.5. The summed E-state index contributed by atoms with van der Waals surface area (Å²) in [6, 6.07) is 11.9. The van der Waals surface area contributed by atoms with E-state index in [-0.39, 0.29) is 0 Å². The number of carbonyl (C=O) groups is 1. The van der Waals surface area contributed by atoms with Crippen molar-refractivity contribution in [1.82, 2.24) is 14.8 Å². The van der Waals surface area contributed by atoms with Crippen molar-refractivity contribution in [3.63, 3.8) is 0 Å². The van der Waals surface area contributed by atoms with Crippen molar-refractivity contribution in [1.29, 1.82) is 0 Å². The second-order valence-electron chi connectivity index (χ2n) is 6.21. The van der Waals surface area contributed by atoms with Gasteiger partial charge in [-0.05, 0) is 30.3 Å². The van der Waals surface area contributed by atoms with E-state index >= 15 is 0 Å². The number of rotatable bonds is 5. The van der Waals surface area contributed by atoms with Crippen LogP contribution in [-0.2, 0) is 4.74 Å². The molecule has 0 radical (unpaired) electrons. The van der Waals surface area contributed by atoms with E-state index in [1.807, 2.05) is 24.3 Å². The van der Waals surface area contributed by atoms with Gasteiger partial charge in [-0.2, -0.15) is 5.10 Å². The lowest BCUT2D eigenvalue weighted by Gasteiger charge is -2.28. The predicted molar refractivity (Wildman–Crippen MR) is 103 cm³/mol. The van der Waals surface area contributed by atoms with Crippen LogP contribution in [0.5, 0.6) is 0 Å². The first-order valence-electron chi connectivity index (χ1n) is 8.70. The Hall–Kier alpha value is -3.39. The Morgan fingerprint density at radius 2 is 1.89 bits per heavy atom. The summed E-state index contributed by atoms with van der Waals surface area (Å²) in [5.74, 6) is 0.178. The van der Waals surface area contributed by atoms with Crippen LogP contribution in [0.15, 0.2) is 55.0 Å². The number of aromatic nitrogens is 3. The van der Waals surface area contributed by atoms with Crippen LogP contribution in [-0.4, -0.2) is 47.0 Å². The van der Waals surface area contributed by atoms with Crippen LogP contribution in [0.4, 0.5) is 17.2 Å². The van der Waals surface area contributed by atoms with E-state index < -0.39 is 5.91 Å². The lowest BCUT2D eigenvalue weighted by Crippen LogP contribution is -2.36. The van der Waals surface area contributed by atoms with E-state index in [1.54, 1.807) is 17.1 Å². The molecule has 138 valence electrons. The third kappa shape index (κ3) is 3.90. The summed E-state index contributed by atoms with van der Waals surface area (Å²) in [6.07, 6.45) is 4.73. The predicted octanol–water partition coefficient (Wildman–Crippen LogP) is 1.95. The van der Waals surface area contributed by atoms with Gasteiger partial charge in [0.25, 0.3) is 5.91 Å². The molecule has 1 saturated heterocycles. The topological polar surface area (TPSA) is 98.3 Å². The molecule has 8 heteroatoms.